The van der Waals surface area contributed by atoms with Gasteiger partial charge in [-0.1, -0.05) is 334 Å². The highest BCUT2D eigenvalue weighted by Gasteiger charge is 2.20. The van der Waals surface area contributed by atoms with Gasteiger partial charge in [0.05, 0.1) is 25.4 Å². The van der Waals surface area contributed by atoms with Gasteiger partial charge in [0, 0.05) is 12.8 Å². The van der Waals surface area contributed by atoms with Gasteiger partial charge in [-0.25, -0.2) is 0 Å². The van der Waals surface area contributed by atoms with Crippen LogP contribution in [-0.2, 0) is 14.3 Å². The van der Waals surface area contributed by atoms with Crippen molar-refractivity contribution < 1.29 is 24.5 Å². The predicted molar refractivity (Wildman–Crippen MR) is 343 cm³/mol. The number of aliphatic hydroxyl groups is 2. The van der Waals surface area contributed by atoms with E-state index in [1.807, 2.05) is 0 Å². The second-order valence-corrected chi connectivity index (χ2v) is 24.6. The smallest absolute Gasteiger partial charge is 0.305 e. The van der Waals surface area contributed by atoms with Gasteiger partial charge < -0.3 is 20.3 Å². The van der Waals surface area contributed by atoms with Crippen LogP contribution in [0.2, 0.25) is 0 Å². The molecule has 0 aliphatic carbocycles. The minimum absolute atomic E-state index is 0.00304. The molecule has 3 N–H and O–H groups in total. The van der Waals surface area contributed by atoms with E-state index in [0.717, 1.165) is 44.9 Å². The zero-order chi connectivity index (χ0) is 56.4. The van der Waals surface area contributed by atoms with Gasteiger partial charge in [-0.2, -0.15) is 0 Å². The summed E-state index contributed by atoms with van der Waals surface area (Å²) >= 11 is 0. The van der Waals surface area contributed by atoms with Gasteiger partial charge in [0.2, 0.25) is 5.91 Å². The summed E-state index contributed by atoms with van der Waals surface area (Å²) in [6.07, 6.45) is 85.1. The van der Waals surface area contributed by atoms with Crippen LogP contribution in [0.5, 0.6) is 0 Å². The van der Waals surface area contributed by atoms with Crippen LogP contribution in [0.4, 0.5) is 0 Å². The molecule has 0 aromatic carbocycles. The van der Waals surface area contributed by atoms with Crippen molar-refractivity contribution in [3.8, 4) is 0 Å². The van der Waals surface area contributed by atoms with Gasteiger partial charge in [0.15, 0.2) is 0 Å². The van der Waals surface area contributed by atoms with E-state index in [4.69, 9.17) is 4.74 Å². The van der Waals surface area contributed by atoms with Crippen molar-refractivity contribution in [2.24, 2.45) is 0 Å². The van der Waals surface area contributed by atoms with E-state index in [1.165, 1.54) is 321 Å². The normalized spacial score (nSPS) is 12.6. The Morgan fingerprint density at radius 2 is 0.603 bits per heavy atom. The number of hydrogen-bond donors (Lipinski definition) is 3. The molecule has 2 unspecified atom stereocenters. The third kappa shape index (κ3) is 63.5. The van der Waals surface area contributed by atoms with Crippen molar-refractivity contribution in [3.63, 3.8) is 0 Å². The molecule has 462 valence electrons. The summed E-state index contributed by atoms with van der Waals surface area (Å²) in [5.41, 5.74) is 0. The van der Waals surface area contributed by atoms with Crippen LogP contribution in [0, 0.1) is 0 Å². The number of esters is 1. The van der Waals surface area contributed by atoms with Crippen LogP contribution in [0.1, 0.15) is 399 Å². The second-order valence-electron chi connectivity index (χ2n) is 24.6. The van der Waals surface area contributed by atoms with Gasteiger partial charge in [-0.15, -0.1) is 0 Å². The Hall–Kier alpha value is -1.66. The van der Waals surface area contributed by atoms with Gasteiger partial charge in [0.25, 0.3) is 0 Å². The van der Waals surface area contributed by atoms with E-state index < -0.39 is 12.1 Å². The Morgan fingerprint density at radius 3 is 0.910 bits per heavy atom. The van der Waals surface area contributed by atoms with Crippen molar-refractivity contribution in [2.75, 3.05) is 13.2 Å². The molecule has 0 aliphatic heterocycles. The van der Waals surface area contributed by atoms with Crippen LogP contribution in [0.3, 0.4) is 0 Å². The summed E-state index contributed by atoms with van der Waals surface area (Å²) in [6.45, 7) is 4.98. The summed E-state index contributed by atoms with van der Waals surface area (Å²) in [7, 11) is 0. The van der Waals surface area contributed by atoms with E-state index >= 15 is 0 Å². The zero-order valence-electron chi connectivity index (χ0n) is 52.9. The van der Waals surface area contributed by atoms with Crippen LogP contribution < -0.4 is 5.32 Å². The molecule has 0 radical (unpaired) electrons. The molecular weight excluding hydrogens is 959 g/mol. The number of rotatable bonds is 67. The molecule has 0 saturated carbocycles. The van der Waals surface area contributed by atoms with E-state index in [9.17, 15) is 19.8 Å². The average molecular weight is 1100 g/mol. The molecule has 2 atom stereocenters. The maximum Gasteiger partial charge on any atom is 0.305 e. The third-order valence-corrected chi connectivity index (χ3v) is 16.7. The van der Waals surface area contributed by atoms with Crippen LogP contribution >= 0.6 is 0 Å². The van der Waals surface area contributed by atoms with E-state index in [2.05, 4.69) is 43.5 Å². The Bertz CT molecular complexity index is 1220. The Morgan fingerprint density at radius 1 is 0.346 bits per heavy atom. The Balaban J connectivity index is 3.41. The molecule has 0 saturated heterocycles. The van der Waals surface area contributed by atoms with Crippen LogP contribution in [0.15, 0.2) is 24.3 Å². The number of allylic oxidation sites excluding steroid dienone is 4. The SMILES string of the molecule is CCCCCCCC/C=C\CCCCCCCC(=O)OCCCCCCCCCCCCC/C=C\CCCCCCCCCC(=O)NC(CO)C(O)CCCCCCCCCCCCCCCCCCCCCCCCCC. The lowest BCUT2D eigenvalue weighted by Gasteiger charge is -2.22. The first-order valence-electron chi connectivity index (χ1n) is 35.6. The number of amides is 1. The molecule has 0 aromatic heterocycles. The summed E-state index contributed by atoms with van der Waals surface area (Å²) < 4.78 is 5.49. The lowest BCUT2D eigenvalue weighted by atomic mass is 10.0. The maximum absolute atomic E-state index is 12.6. The van der Waals surface area contributed by atoms with E-state index in [0.29, 0.717) is 25.9 Å². The summed E-state index contributed by atoms with van der Waals surface area (Å²) in [5.74, 6) is -0.0344. The molecule has 0 spiro atoms. The minimum Gasteiger partial charge on any atom is -0.466 e. The first kappa shape index (κ1) is 76.3. The average Bonchev–Trinajstić information content (AvgIpc) is 3.44. The van der Waals surface area contributed by atoms with Gasteiger partial charge >= 0.3 is 5.97 Å². The molecular formula is C72H139NO5. The lowest BCUT2D eigenvalue weighted by molar-refractivity contribution is -0.143. The number of unbranched alkanes of at least 4 members (excludes halogenated alkanes) is 52. The van der Waals surface area contributed by atoms with Crippen LogP contribution in [-0.4, -0.2) is 47.4 Å². The second kappa shape index (κ2) is 67.8. The zero-order valence-corrected chi connectivity index (χ0v) is 52.9. The van der Waals surface area contributed by atoms with Crippen molar-refractivity contribution in [1.82, 2.24) is 5.32 Å². The number of hydrogen-bond acceptors (Lipinski definition) is 5. The third-order valence-electron chi connectivity index (χ3n) is 16.7. The topological polar surface area (TPSA) is 95.9 Å². The molecule has 6 nitrogen and oxygen atoms in total. The highest BCUT2D eigenvalue weighted by atomic mass is 16.5. The molecule has 0 fully saturated rings. The molecule has 0 rings (SSSR count). The van der Waals surface area contributed by atoms with Crippen molar-refractivity contribution >= 4 is 11.9 Å². The van der Waals surface area contributed by atoms with E-state index in [-0.39, 0.29) is 18.5 Å². The summed E-state index contributed by atoms with van der Waals surface area (Å²) in [5, 5.41) is 23.4. The number of carbonyl (C=O) groups excluding carboxylic acids is 2. The fourth-order valence-electron chi connectivity index (χ4n) is 11.3. The van der Waals surface area contributed by atoms with Gasteiger partial charge in [-0.3, -0.25) is 9.59 Å². The highest BCUT2D eigenvalue weighted by Crippen LogP contribution is 2.19. The highest BCUT2D eigenvalue weighted by molar-refractivity contribution is 5.76. The molecule has 1 amide bonds. The van der Waals surface area contributed by atoms with Crippen molar-refractivity contribution in [2.45, 2.75) is 411 Å². The fourth-order valence-corrected chi connectivity index (χ4v) is 11.3. The van der Waals surface area contributed by atoms with Gasteiger partial charge in [0.1, 0.15) is 0 Å². The largest absolute Gasteiger partial charge is 0.466 e. The first-order valence-corrected chi connectivity index (χ1v) is 35.6. The molecule has 0 aliphatic rings. The first-order chi connectivity index (χ1) is 38.5. The number of ether oxygens (including phenoxy) is 1. The fraction of sp³-hybridized carbons (Fsp3) is 0.917. The Labute approximate surface area is 488 Å². The summed E-state index contributed by atoms with van der Waals surface area (Å²) in [6, 6.07) is -0.548. The number of nitrogens with one attached hydrogen (secondary N) is 1. The van der Waals surface area contributed by atoms with E-state index in [1.54, 1.807) is 0 Å². The molecule has 0 bridgehead atoms. The quantitative estimate of drug-likeness (QED) is 0.0320. The minimum atomic E-state index is -0.670. The predicted octanol–water partition coefficient (Wildman–Crippen LogP) is 22.9. The molecule has 0 aromatic rings. The van der Waals surface area contributed by atoms with Crippen LogP contribution in [0.25, 0.3) is 0 Å². The van der Waals surface area contributed by atoms with Crippen molar-refractivity contribution in [1.29, 1.82) is 0 Å². The maximum atomic E-state index is 12.6. The number of carbonyl (C=O) groups is 2. The molecule has 0 heterocycles. The lowest BCUT2D eigenvalue weighted by Crippen LogP contribution is -2.45. The molecule has 78 heavy (non-hydrogen) atoms. The number of aliphatic hydroxyl groups excluding tert-OH is 2. The van der Waals surface area contributed by atoms with Gasteiger partial charge in [-0.05, 0) is 77.0 Å². The standard InChI is InChI=1S/C72H139NO5/c1-3-5-7-9-11-13-15-17-19-20-21-22-23-24-27-30-33-37-40-44-48-52-56-60-64-70(75)69(68-74)73-71(76)65-61-57-53-49-45-41-38-34-31-28-25-26-29-32-35-39-43-47-51-55-59-63-67-78-72(77)66-62-58-54-50-46-42-36-18-16-14-12-10-8-6-4-2/h18,28,31,36,69-70,74-75H,3-17,19-27,29-30,32-35,37-68H2,1-2H3,(H,73,76)/b31-28-,36-18-. The Kier molecular flexibility index (Phi) is 66.4. The van der Waals surface area contributed by atoms with Crippen molar-refractivity contribution in [3.05, 3.63) is 24.3 Å². The summed E-state index contributed by atoms with van der Waals surface area (Å²) in [4.78, 5) is 24.6. The molecule has 6 heteroatoms. The monoisotopic (exact) mass is 1100 g/mol.